The van der Waals surface area contributed by atoms with Gasteiger partial charge in [-0.3, -0.25) is 19.2 Å². The fourth-order valence-corrected chi connectivity index (χ4v) is 7.08. The number of carbonyl (C=O) groups is 5. The molecule has 12 nitrogen and oxygen atoms in total. The van der Waals surface area contributed by atoms with Gasteiger partial charge in [-0.2, -0.15) is 0 Å². The predicted molar refractivity (Wildman–Crippen MR) is 149 cm³/mol. The van der Waals surface area contributed by atoms with Crippen LogP contribution in [0, 0.1) is 35.0 Å². The molecule has 0 aromatic rings. The smallest absolute Gasteiger partial charge is 0.408 e. The first-order chi connectivity index (χ1) is 19.1. The Kier molecular flexibility index (Phi) is 8.73. The van der Waals surface area contributed by atoms with E-state index in [1.54, 1.807) is 25.7 Å². The Labute approximate surface area is 241 Å². The van der Waals surface area contributed by atoms with E-state index < -0.39 is 58.9 Å². The Bertz CT molecular complexity index is 1100. The standard InChI is InChI=1S/C29H45N5O7/c1-28(2,3)41-27(39)33-22(29(4,5)14-40-6)26(38)34-13-18-15-7-8-16(11-15)20(18)21(34)25(37)32-19(23(30)35)12-17-9-10-31-24(17)36/h7-8,15-22H,9-14H2,1-6H3,(H2,30,35)(H,31,36)(H,32,37)(H,33,39)/t15-,16+,17+,18-,19+,20+,21+,22-/m1/s1. The first kappa shape index (κ1) is 30.8. The average Bonchev–Trinajstić information content (AvgIpc) is 3.63. The number of alkyl carbamates (subject to hydrolysis) is 1. The van der Waals surface area contributed by atoms with Gasteiger partial charge in [0.25, 0.3) is 0 Å². The first-order valence-corrected chi connectivity index (χ1v) is 14.5. The number of hydrogen-bond donors (Lipinski definition) is 4. The monoisotopic (exact) mass is 575 g/mol. The summed E-state index contributed by atoms with van der Waals surface area (Å²) < 4.78 is 10.9. The maximum atomic E-state index is 14.3. The summed E-state index contributed by atoms with van der Waals surface area (Å²) >= 11 is 0. The molecule has 5 N–H and O–H groups in total. The van der Waals surface area contributed by atoms with E-state index in [0.29, 0.717) is 19.5 Å². The summed E-state index contributed by atoms with van der Waals surface area (Å²) in [5, 5.41) is 8.28. The average molecular weight is 576 g/mol. The van der Waals surface area contributed by atoms with Gasteiger partial charge in [-0.25, -0.2) is 4.79 Å². The molecule has 12 heteroatoms. The van der Waals surface area contributed by atoms with Crippen molar-refractivity contribution in [1.29, 1.82) is 0 Å². The van der Waals surface area contributed by atoms with Gasteiger partial charge in [-0.1, -0.05) is 26.0 Å². The van der Waals surface area contributed by atoms with Crippen molar-refractivity contribution in [2.24, 2.45) is 40.7 Å². The highest BCUT2D eigenvalue weighted by atomic mass is 16.6. The number of allylic oxidation sites excluding steroid dienone is 2. The molecule has 2 saturated heterocycles. The molecule has 0 aromatic heterocycles. The first-order valence-electron chi connectivity index (χ1n) is 14.5. The molecule has 0 unspecified atom stereocenters. The van der Waals surface area contributed by atoms with E-state index in [9.17, 15) is 24.0 Å². The molecule has 0 radical (unpaired) electrons. The molecule has 2 aliphatic carbocycles. The molecule has 4 aliphatic rings. The van der Waals surface area contributed by atoms with Crippen molar-refractivity contribution in [2.45, 2.75) is 77.6 Å². The zero-order valence-corrected chi connectivity index (χ0v) is 24.9. The number of likely N-dealkylation sites (tertiary alicyclic amines) is 1. The molecular weight excluding hydrogens is 530 g/mol. The van der Waals surface area contributed by atoms with Gasteiger partial charge in [0.2, 0.25) is 23.6 Å². The third kappa shape index (κ3) is 6.52. The van der Waals surface area contributed by atoms with Crippen LogP contribution in [-0.2, 0) is 28.7 Å². The van der Waals surface area contributed by atoms with Crippen LogP contribution in [-0.4, -0.2) is 85.2 Å². The van der Waals surface area contributed by atoms with Crippen molar-refractivity contribution in [3.05, 3.63) is 12.2 Å². The normalized spacial score (nSPS) is 30.0. The lowest BCUT2D eigenvalue weighted by Crippen LogP contribution is -2.61. The minimum absolute atomic E-state index is 0.0741. The number of nitrogens with one attached hydrogen (secondary N) is 3. The molecule has 8 atom stereocenters. The Hall–Kier alpha value is -3.15. The van der Waals surface area contributed by atoms with Crippen LogP contribution in [0.3, 0.4) is 0 Å². The van der Waals surface area contributed by atoms with Gasteiger partial charge in [-0.05, 0) is 63.7 Å². The number of rotatable bonds is 10. The minimum atomic E-state index is -1.05. The summed E-state index contributed by atoms with van der Waals surface area (Å²) in [7, 11) is 1.52. The maximum absolute atomic E-state index is 14.3. The lowest BCUT2D eigenvalue weighted by Gasteiger charge is -2.38. The lowest BCUT2D eigenvalue weighted by molar-refractivity contribution is -0.145. The lowest BCUT2D eigenvalue weighted by atomic mass is 9.81. The number of fused-ring (bicyclic) bond motifs is 5. The number of nitrogens with zero attached hydrogens (tertiary/aromatic N) is 1. The molecule has 2 bridgehead atoms. The number of primary amides is 1. The molecule has 4 rings (SSSR count). The molecular formula is C29H45N5O7. The minimum Gasteiger partial charge on any atom is -0.444 e. The molecule has 2 heterocycles. The summed E-state index contributed by atoms with van der Waals surface area (Å²) in [5.74, 6) is -1.92. The van der Waals surface area contributed by atoms with Crippen molar-refractivity contribution in [2.75, 3.05) is 26.8 Å². The largest absolute Gasteiger partial charge is 0.444 e. The van der Waals surface area contributed by atoms with Crippen molar-refractivity contribution in [1.82, 2.24) is 20.9 Å². The van der Waals surface area contributed by atoms with E-state index in [-0.39, 0.29) is 42.6 Å². The second-order valence-corrected chi connectivity index (χ2v) is 13.6. The Balaban J connectivity index is 1.61. The molecule has 228 valence electrons. The molecule has 0 spiro atoms. The van der Waals surface area contributed by atoms with Gasteiger partial charge in [0.05, 0.1) is 6.61 Å². The number of hydrogen-bond acceptors (Lipinski definition) is 7. The highest BCUT2D eigenvalue weighted by molar-refractivity contribution is 5.95. The molecule has 2 aliphatic heterocycles. The molecule has 0 aromatic carbocycles. The van der Waals surface area contributed by atoms with Gasteiger partial charge in [0, 0.05) is 31.5 Å². The highest BCUT2D eigenvalue weighted by Crippen LogP contribution is 2.54. The van der Waals surface area contributed by atoms with Gasteiger partial charge in [-0.15, -0.1) is 0 Å². The third-order valence-electron chi connectivity index (χ3n) is 8.90. The van der Waals surface area contributed by atoms with Crippen LogP contribution in [0.5, 0.6) is 0 Å². The van der Waals surface area contributed by atoms with Gasteiger partial charge in [0.1, 0.15) is 23.7 Å². The number of carbonyl (C=O) groups excluding carboxylic acids is 5. The zero-order valence-electron chi connectivity index (χ0n) is 24.9. The van der Waals surface area contributed by atoms with E-state index in [1.807, 2.05) is 13.8 Å². The number of methoxy groups -OCH3 is 1. The third-order valence-corrected chi connectivity index (χ3v) is 8.90. The second-order valence-electron chi connectivity index (χ2n) is 13.6. The molecule has 1 saturated carbocycles. The molecule has 41 heavy (non-hydrogen) atoms. The topological polar surface area (TPSA) is 169 Å². The van der Waals surface area contributed by atoms with Crippen LogP contribution in [0.4, 0.5) is 4.79 Å². The van der Waals surface area contributed by atoms with E-state index >= 15 is 0 Å². The SMILES string of the molecule is COCC(C)(C)[C@H](NC(=O)OC(C)(C)C)C(=O)N1C[C@H]2[C@@H]([C@H]1C(=O)N[C@@H](C[C@@H]1CCNC1=O)C(N)=O)[C@H]1C=C[C@@H]2C1. The number of nitrogens with two attached hydrogens (primary N) is 1. The summed E-state index contributed by atoms with van der Waals surface area (Å²) in [6, 6.07) is -2.97. The van der Waals surface area contributed by atoms with E-state index in [2.05, 4.69) is 28.1 Å². The summed E-state index contributed by atoms with van der Waals surface area (Å²) in [4.78, 5) is 67.3. The zero-order chi connectivity index (χ0) is 30.3. The van der Waals surface area contributed by atoms with Crippen molar-refractivity contribution < 1.29 is 33.4 Å². The Morgan fingerprint density at radius 3 is 2.39 bits per heavy atom. The van der Waals surface area contributed by atoms with Crippen molar-refractivity contribution >= 4 is 29.7 Å². The fourth-order valence-electron chi connectivity index (χ4n) is 7.08. The number of amides is 5. The van der Waals surface area contributed by atoms with Gasteiger partial charge >= 0.3 is 6.09 Å². The second kappa shape index (κ2) is 11.6. The quantitative estimate of drug-likeness (QED) is 0.278. The Morgan fingerprint density at radius 2 is 1.80 bits per heavy atom. The van der Waals surface area contributed by atoms with Crippen LogP contribution in [0.25, 0.3) is 0 Å². The van der Waals surface area contributed by atoms with Gasteiger partial charge < -0.3 is 36.1 Å². The van der Waals surface area contributed by atoms with Crippen LogP contribution >= 0.6 is 0 Å². The van der Waals surface area contributed by atoms with Crippen LogP contribution < -0.4 is 21.7 Å². The maximum Gasteiger partial charge on any atom is 0.408 e. The van der Waals surface area contributed by atoms with Crippen LogP contribution in [0.1, 0.15) is 53.9 Å². The van der Waals surface area contributed by atoms with Crippen molar-refractivity contribution in [3.8, 4) is 0 Å². The fraction of sp³-hybridized carbons (Fsp3) is 0.759. The van der Waals surface area contributed by atoms with E-state index in [1.165, 1.54) is 7.11 Å². The van der Waals surface area contributed by atoms with E-state index in [4.69, 9.17) is 15.2 Å². The van der Waals surface area contributed by atoms with Crippen molar-refractivity contribution in [3.63, 3.8) is 0 Å². The summed E-state index contributed by atoms with van der Waals surface area (Å²) in [6.45, 7) is 9.84. The summed E-state index contributed by atoms with van der Waals surface area (Å²) in [5.41, 5.74) is 4.04. The van der Waals surface area contributed by atoms with Gasteiger partial charge in [0.15, 0.2) is 0 Å². The molecule has 3 fully saturated rings. The molecule has 5 amide bonds. The number of ether oxygens (including phenoxy) is 2. The van der Waals surface area contributed by atoms with Crippen LogP contribution in [0.15, 0.2) is 12.2 Å². The van der Waals surface area contributed by atoms with Crippen LogP contribution in [0.2, 0.25) is 0 Å². The predicted octanol–water partition coefficient (Wildman–Crippen LogP) is 0.698. The summed E-state index contributed by atoms with van der Waals surface area (Å²) in [6.07, 6.45) is 5.09. The van der Waals surface area contributed by atoms with E-state index in [0.717, 1.165) is 6.42 Å². The highest BCUT2D eigenvalue weighted by Gasteiger charge is 2.59. The Morgan fingerprint density at radius 1 is 1.12 bits per heavy atom.